The zero-order chi connectivity index (χ0) is 44.8. The summed E-state index contributed by atoms with van der Waals surface area (Å²) in [7, 11) is 0. The van der Waals surface area contributed by atoms with Crippen LogP contribution in [-0.2, 0) is 38.2 Å². The van der Waals surface area contributed by atoms with E-state index in [-0.39, 0.29) is 17.5 Å². The fourth-order valence-corrected chi connectivity index (χ4v) is 7.11. The van der Waals surface area contributed by atoms with E-state index in [1.54, 1.807) is 62.4 Å². The normalized spacial score (nSPS) is 14.7. The molecule has 3 amide bonds. The van der Waals surface area contributed by atoms with Crippen LogP contribution in [0, 0.1) is 0 Å². The van der Waals surface area contributed by atoms with Crippen LogP contribution in [0.4, 0.5) is 17.1 Å². The molecular formula is C46H53N3O12. The number of ketones is 3. The summed E-state index contributed by atoms with van der Waals surface area (Å²) >= 11 is 0. The van der Waals surface area contributed by atoms with Gasteiger partial charge in [-0.05, 0) is 86.2 Å². The maximum atomic E-state index is 12.1. The zero-order valence-corrected chi connectivity index (χ0v) is 35.1. The highest BCUT2D eigenvalue weighted by Crippen LogP contribution is 2.33. The van der Waals surface area contributed by atoms with Crippen molar-refractivity contribution in [3.63, 3.8) is 0 Å². The van der Waals surface area contributed by atoms with Crippen LogP contribution in [0.3, 0.4) is 0 Å². The molecule has 324 valence electrons. The molecule has 61 heavy (non-hydrogen) atoms. The van der Waals surface area contributed by atoms with E-state index in [9.17, 15) is 48.3 Å². The lowest BCUT2D eigenvalue weighted by Gasteiger charge is -2.16. The van der Waals surface area contributed by atoms with Gasteiger partial charge in [-0.2, -0.15) is 0 Å². The second-order valence-corrected chi connectivity index (χ2v) is 14.7. The van der Waals surface area contributed by atoms with Crippen molar-refractivity contribution < 1.29 is 57.7 Å². The Labute approximate surface area is 354 Å². The highest BCUT2D eigenvalue weighted by molar-refractivity contribution is 6.52. The number of hydrogen-bond donors (Lipinski definition) is 4. The summed E-state index contributed by atoms with van der Waals surface area (Å²) in [6.45, 7) is 10.3. The lowest BCUT2D eigenvalue weighted by atomic mass is 9.91. The minimum atomic E-state index is -0.905. The van der Waals surface area contributed by atoms with Crippen molar-refractivity contribution in [3.8, 4) is 0 Å². The number of benzene rings is 3. The predicted octanol–water partition coefficient (Wildman–Crippen LogP) is 7.50. The molecule has 15 heteroatoms. The Morgan fingerprint density at radius 3 is 1.07 bits per heavy atom. The number of amides is 3. The third kappa shape index (κ3) is 11.6. The van der Waals surface area contributed by atoms with E-state index in [0.717, 1.165) is 49.7 Å². The molecule has 3 aromatic rings. The lowest BCUT2D eigenvalue weighted by molar-refractivity contribution is -0.146. The Morgan fingerprint density at radius 2 is 0.787 bits per heavy atom. The first-order valence-corrected chi connectivity index (χ1v) is 20.8. The number of carbonyl (C=O) groups excluding carboxylic acids is 8. The predicted molar refractivity (Wildman–Crippen MR) is 226 cm³/mol. The molecule has 0 aromatic heterocycles. The number of unbranched alkanes of at least 4 members (excludes halogenated alkanes) is 3. The molecule has 15 nitrogen and oxygen atoms in total. The van der Waals surface area contributed by atoms with Gasteiger partial charge in [0.05, 0.1) is 64.7 Å². The van der Waals surface area contributed by atoms with Gasteiger partial charge in [0.1, 0.15) is 0 Å². The van der Waals surface area contributed by atoms with Crippen LogP contribution >= 0.6 is 0 Å². The Morgan fingerprint density at radius 1 is 0.492 bits per heavy atom. The van der Waals surface area contributed by atoms with Crippen molar-refractivity contribution in [1.82, 2.24) is 0 Å². The first-order valence-electron chi connectivity index (χ1n) is 20.8. The molecular weight excluding hydrogens is 787 g/mol. The van der Waals surface area contributed by atoms with Crippen molar-refractivity contribution in [2.45, 2.75) is 110 Å². The monoisotopic (exact) mass is 839 g/mol. The van der Waals surface area contributed by atoms with Gasteiger partial charge in [-0.3, -0.25) is 43.2 Å². The van der Waals surface area contributed by atoms with Crippen LogP contribution in [-0.4, -0.2) is 71.3 Å². The highest BCUT2D eigenvalue weighted by Gasteiger charge is 2.33. The molecule has 3 heterocycles. The SMILES string of the molecule is CCCCC(C(=O)O)c1ccc2c(c1)C(=O)C(=O)N2.CCCCC(C(=O)OCC)c1ccc2c(c1)C(=O)C(=O)N2.CCCCC(C(=O)OCC)c1ccc2c(c1)C(=O)C(=O)N2. The third-order valence-corrected chi connectivity index (χ3v) is 10.4. The summed E-state index contributed by atoms with van der Waals surface area (Å²) in [6.07, 6.45) is 7.32. The number of carbonyl (C=O) groups is 9. The number of anilines is 3. The van der Waals surface area contributed by atoms with Gasteiger partial charge >= 0.3 is 17.9 Å². The van der Waals surface area contributed by atoms with E-state index in [0.29, 0.717) is 66.2 Å². The molecule has 0 spiro atoms. The van der Waals surface area contributed by atoms with E-state index >= 15 is 0 Å². The fraction of sp³-hybridized carbons (Fsp3) is 0.413. The van der Waals surface area contributed by atoms with E-state index < -0.39 is 58.8 Å². The van der Waals surface area contributed by atoms with Gasteiger partial charge < -0.3 is 30.5 Å². The van der Waals surface area contributed by atoms with E-state index in [2.05, 4.69) is 29.8 Å². The van der Waals surface area contributed by atoms with Crippen molar-refractivity contribution in [3.05, 3.63) is 88.0 Å². The van der Waals surface area contributed by atoms with Gasteiger partial charge in [0.15, 0.2) is 0 Å². The van der Waals surface area contributed by atoms with Crippen LogP contribution in [0.2, 0.25) is 0 Å². The zero-order valence-electron chi connectivity index (χ0n) is 35.1. The Bertz CT molecular complexity index is 2090. The number of hydrogen-bond acceptors (Lipinski definition) is 11. The van der Waals surface area contributed by atoms with Crippen molar-refractivity contribution in [2.24, 2.45) is 0 Å². The standard InChI is InChI=1S/2C16H19NO4.C14H15NO4/c2*1-3-5-6-11(16(20)21-4-2)10-7-8-13-12(9-10)14(18)15(19)17-13;1-2-3-4-9(14(18)19)8-5-6-11-10(7-8)12(16)13(17)15-11/h2*7-9,11H,3-6H2,1-2H3,(H,17,18,19);5-7,9H,2-4H2,1H3,(H,18,19)(H,15,16,17). The number of fused-ring (bicyclic) bond motifs is 3. The number of carboxylic acids is 1. The molecule has 6 rings (SSSR count). The summed E-state index contributed by atoms with van der Waals surface area (Å²) in [4.78, 5) is 105. The number of esters is 2. The Balaban J connectivity index is 0.000000202. The van der Waals surface area contributed by atoms with Crippen LogP contribution in [0.25, 0.3) is 0 Å². The quantitative estimate of drug-likeness (QED) is 0.0765. The van der Waals surface area contributed by atoms with Crippen molar-refractivity contribution in [1.29, 1.82) is 0 Å². The van der Waals surface area contributed by atoms with E-state index in [1.807, 2.05) is 6.92 Å². The molecule has 3 aliphatic heterocycles. The van der Waals surface area contributed by atoms with Gasteiger partial charge in [0.2, 0.25) is 0 Å². The molecule has 0 radical (unpaired) electrons. The molecule has 4 N–H and O–H groups in total. The molecule has 0 saturated carbocycles. The van der Waals surface area contributed by atoms with Crippen molar-refractivity contribution in [2.75, 3.05) is 29.2 Å². The average molecular weight is 840 g/mol. The molecule has 0 saturated heterocycles. The number of ether oxygens (including phenoxy) is 2. The Hall–Kier alpha value is -6.51. The minimum Gasteiger partial charge on any atom is -0.481 e. The molecule has 0 fully saturated rings. The van der Waals surface area contributed by atoms with E-state index in [1.165, 1.54) is 6.07 Å². The van der Waals surface area contributed by atoms with Crippen LogP contribution in [0.1, 0.15) is 158 Å². The van der Waals surface area contributed by atoms with Gasteiger partial charge in [-0.15, -0.1) is 0 Å². The summed E-state index contributed by atoms with van der Waals surface area (Å²) in [6, 6.07) is 14.9. The number of Topliss-reactive ketones (excluding diaryl/α,β-unsaturated/α-hetero) is 3. The van der Waals surface area contributed by atoms with E-state index in [4.69, 9.17) is 9.47 Å². The van der Waals surface area contributed by atoms with Gasteiger partial charge in [-0.25, -0.2) is 0 Å². The van der Waals surface area contributed by atoms with Crippen LogP contribution < -0.4 is 16.0 Å². The number of rotatable bonds is 17. The second kappa shape index (κ2) is 22.2. The summed E-state index contributed by atoms with van der Waals surface area (Å²) in [5.74, 6) is -6.48. The maximum absolute atomic E-state index is 12.1. The number of carboxylic acid groups (broad SMARTS) is 1. The number of nitrogens with one attached hydrogen (secondary N) is 3. The minimum absolute atomic E-state index is 0.269. The molecule has 3 aliphatic rings. The summed E-state index contributed by atoms with van der Waals surface area (Å²) < 4.78 is 10.2. The largest absolute Gasteiger partial charge is 0.481 e. The molecule has 3 unspecified atom stereocenters. The van der Waals surface area contributed by atoms with Crippen LogP contribution in [0.5, 0.6) is 0 Å². The number of aliphatic carboxylic acids is 1. The summed E-state index contributed by atoms with van der Waals surface area (Å²) in [5, 5.41) is 16.7. The molecule has 3 atom stereocenters. The van der Waals surface area contributed by atoms with Gasteiger partial charge in [0, 0.05) is 0 Å². The average Bonchev–Trinajstić information content (AvgIpc) is 3.81. The lowest BCUT2D eigenvalue weighted by Crippen LogP contribution is -2.16. The smallest absolute Gasteiger partial charge is 0.313 e. The first-order chi connectivity index (χ1) is 29.2. The fourth-order valence-electron chi connectivity index (χ4n) is 7.11. The van der Waals surface area contributed by atoms with Gasteiger partial charge in [0.25, 0.3) is 35.1 Å². The third-order valence-electron chi connectivity index (χ3n) is 10.4. The Kier molecular flexibility index (Phi) is 17.2. The maximum Gasteiger partial charge on any atom is 0.313 e. The van der Waals surface area contributed by atoms with Crippen LogP contribution in [0.15, 0.2) is 54.6 Å². The first kappa shape index (κ1) is 47.2. The second-order valence-electron chi connectivity index (χ2n) is 14.7. The summed E-state index contributed by atoms with van der Waals surface area (Å²) in [5.41, 5.74) is 4.44. The van der Waals surface area contributed by atoms with Gasteiger partial charge in [-0.1, -0.05) is 77.5 Å². The topological polar surface area (TPSA) is 228 Å². The highest BCUT2D eigenvalue weighted by atomic mass is 16.5. The van der Waals surface area contributed by atoms with Crippen molar-refractivity contribution >= 4 is 70.0 Å². The molecule has 3 aromatic carbocycles. The molecule has 0 bridgehead atoms. The molecule has 0 aliphatic carbocycles.